The van der Waals surface area contributed by atoms with Crippen LogP contribution in [0.1, 0.15) is 16.1 Å². The second-order valence-corrected chi connectivity index (χ2v) is 6.34. The second-order valence-electron chi connectivity index (χ2n) is 4.47. The molecule has 1 N–H and O–H groups in total. The van der Waals surface area contributed by atoms with E-state index in [2.05, 4.69) is 26.4 Å². The molecule has 0 saturated heterocycles. The average molecular weight is 381 g/mol. The fraction of sp³-hybridized carbons (Fsp3) is 0.0667. The van der Waals surface area contributed by atoms with Gasteiger partial charge in [-0.05, 0) is 23.6 Å². The Hall–Kier alpha value is -1.99. The highest BCUT2D eigenvalue weighted by atomic mass is 79.9. The third-order valence-electron chi connectivity index (χ3n) is 2.96. The summed E-state index contributed by atoms with van der Waals surface area (Å²) in [5, 5.41) is 8.27. The molecular formula is C15H10BrFN2O2S. The second kappa shape index (κ2) is 6.41. The van der Waals surface area contributed by atoms with E-state index < -0.39 is 5.91 Å². The highest BCUT2D eigenvalue weighted by molar-refractivity contribution is 9.10. The molecule has 7 heteroatoms. The normalized spacial score (nSPS) is 10.6. The Morgan fingerprint density at radius 3 is 2.95 bits per heavy atom. The summed E-state index contributed by atoms with van der Waals surface area (Å²) < 4.78 is 19.5. The van der Waals surface area contributed by atoms with Gasteiger partial charge in [-0.15, -0.1) is 11.3 Å². The number of aromatic nitrogens is 1. The highest BCUT2D eigenvalue weighted by Gasteiger charge is 2.14. The first-order valence-electron chi connectivity index (χ1n) is 6.36. The molecule has 1 amide bonds. The molecule has 0 spiro atoms. The highest BCUT2D eigenvalue weighted by Crippen LogP contribution is 2.25. The maximum Gasteiger partial charge on any atom is 0.273 e. The number of halogens is 2. The Bertz CT molecular complexity index is 802. The van der Waals surface area contributed by atoms with Crippen molar-refractivity contribution in [2.45, 2.75) is 6.54 Å². The van der Waals surface area contributed by atoms with E-state index in [0.717, 1.165) is 4.88 Å². The standard InChI is InChI=1S/C15H10BrFN2O2S/c16-10-4-3-9(11(17)6-10)8-18-15(20)12-7-13(21-19-12)14-2-1-5-22-14/h1-7H,8H2,(H,18,20). The van der Waals surface area contributed by atoms with Crippen LogP contribution in [0, 0.1) is 5.82 Å². The molecule has 0 radical (unpaired) electrons. The first-order valence-corrected chi connectivity index (χ1v) is 8.03. The summed E-state index contributed by atoms with van der Waals surface area (Å²) in [7, 11) is 0. The third kappa shape index (κ3) is 3.26. The molecule has 0 bridgehead atoms. The molecule has 0 atom stereocenters. The van der Waals surface area contributed by atoms with Crippen molar-refractivity contribution in [2.24, 2.45) is 0 Å². The van der Waals surface area contributed by atoms with E-state index in [1.165, 1.54) is 17.4 Å². The number of thiophene rings is 1. The molecule has 0 unspecified atom stereocenters. The summed E-state index contributed by atoms with van der Waals surface area (Å²) in [6, 6.07) is 10.0. The van der Waals surface area contributed by atoms with Crippen LogP contribution in [0.3, 0.4) is 0 Å². The summed E-state index contributed by atoms with van der Waals surface area (Å²) in [6.45, 7) is 0.0825. The molecule has 0 aliphatic carbocycles. The Labute approximate surface area is 138 Å². The minimum absolute atomic E-state index is 0.0825. The molecule has 0 aliphatic rings. The van der Waals surface area contributed by atoms with Crippen LogP contribution in [0.4, 0.5) is 4.39 Å². The van der Waals surface area contributed by atoms with Crippen molar-refractivity contribution in [1.29, 1.82) is 0 Å². The van der Waals surface area contributed by atoms with Crippen LogP contribution in [0.15, 0.2) is 50.8 Å². The first-order chi connectivity index (χ1) is 10.6. The van der Waals surface area contributed by atoms with Crippen LogP contribution in [-0.4, -0.2) is 11.1 Å². The SMILES string of the molecule is O=C(NCc1ccc(Br)cc1F)c1cc(-c2cccs2)on1. The molecule has 2 aromatic heterocycles. The van der Waals surface area contributed by atoms with Crippen molar-refractivity contribution < 1.29 is 13.7 Å². The summed E-state index contributed by atoms with van der Waals surface area (Å²) in [6.07, 6.45) is 0. The van der Waals surface area contributed by atoms with E-state index in [1.54, 1.807) is 18.2 Å². The van der Waals surface area contributed by atoms with Gasteiger partial charge in [0.2, 0.25) is 0 Å². The number of amides is 1. The molecule has 3 aromatic rings. The van der Waals surface area contributed by atoms with Crippen LogP contribution < -0.4 is 5.32 Å². The zero-order valence-electron chi connectivity index (χ0n) is 11.2. The van der Waals surface area contributed by atoms with E-state index in [0.29, 0.717) is 15.8 Å². The molecule has 0 saturated carbocycles. The van der Waals surface area contributed by atoms with Crippen molar-refractivity contribution in [2.75, 3.05) is 0 Å². The lowest BCUT2D eigenvalue weighted by Crippen LogP contribution is -2.23. The quantitative estimate of drug-likeness (QED) is 0.736. The molecule has 4 nitrogen and oxygen atoms in total. The molecule has 3 rings (SSSR count). The summed E-state index contributed by atoms with van der Waals surface area (Å²) in [5.74, 6) is -0.252. The van der Waals surface area contributed by atoms with Gasteiger partial charge < -0.3 is 9.84 Å². The van der Waals surface area contributed by atoms with Crippen LogP contribution in [0.25, 0.3) is 10.6 Å². The minimum Gasteiger partial charge on any atom is -0.355 e. The largest absolute Gasteiger partial charge is 0.355 e. The van der Waals surface area contributed by atoms with Crippen molar-refractivity contribution in [3.63, 3.8) is 0 Å². The van der Waals surface area contributed by atoms with Crippen molar-refractivity contribution >= 4 is 33.2 Å². The van der Waals surface area contributed by atoms with E-state index in [4.69, 9.17) is 4.52 Å². The van der Waals surface area contributed by atoms with Gasteiger partial charge in [0.05, 0.1) is 4.88 Å². The van der Waals surface area contributed by atoms with E-state index >= 15 is 0 Å². The number of benzene rings is 1. The molecule has 2 heterocycles. The van der Waals surface area contributed by atoms with Gasteiger partial charge in [0, 0.05) is 22.6 Å². The van der Waals surface area contributed by atoms with Gasteiger partial charge >= 0.3 is 0 Å². The minimum atomic E-state index is -0.408. The first kappa shape index (κ1) is 14.9. The lowest BCUT2D eigenvalue weighted by atomic mass is 10.2. The smallest absolute Gasteiger partial charge is 0.273 e. The Morgan fingerprint density at radius 1 is 1.36 bits per heavy atom. The molecule has 112 valence electrons. The zero-order valence-corrected chi connectivity index (χ0v) is 13.6. The number of carbonyl (C=O) groups excluding carboxylic acids is 1. The topological polar surface area (TPSA) is 55.1 Å². The third-order valence-corrected chi connectivity index (χ3v) is 4.34. The monoisotopic (exact) mass is 380 g/mol. The number of hydrogen-bond acceptors (Lipinski definition) is 4. The molecule has 1 aromatic carbocycles. The van der Waals surface area contributed by atoms with Gasteiger partial charge in [-0.1, -0.05) is 33.2 Å². The summed E-state index contributed by atoms with van der Waals surface area (Å²) in [4.78, 5) is 12.9. The van der Waals surface area contributed by atoms with Gasteiger partial charge in [0.15, 0.2) is 11.5 Å². The lowest BCUT2D eigenvalue weighted by molar-refractivity contribution is 0.0941. The van der Waals surface area contributed by atoms with Crippen LogP contribution in [0.5, 0.6) is 0 Å². The fourth-order valence-electron chi connectivity index (χ4n) is 1.85. The molecule has 0 fully saturated rings. The van der Waals surface area contributed by atoms with Gasteiger partial charge in [-0.3, -0.25) is 4.79 Å². The summed E-state index contributed by atoms with van der Waals surface area (Å²) >= 11 is 4.68. The van der Waals surface area contributed by atoms with Gasteiger partial charge in [-0.2, -0.15) is 0 Å². The van der Waals surface area contributed by atoms with Gasteiger partial charge in [0.1, 0.15) is 5.82 Å². The number of rotatable bonds is 4. The van der Waals surface area contributed by atoms with E-state index in [-0.39, 0.29) is 18.1 Å². The van der Waals surface area contributed by atoms with Gasteiger partial charge in [0.25, 0.3) is 5.91 Å². The fourth-order valence-corrected chi connectivity index (χ4v) is 2.85. The lowest BCUT2D eigenvalue weighted by Gasteiger charge is -2.04. The Balaban J connectivity index is 1.67. The van der Waals surface area contributed by atoms with Crippen molar-refractivity contribution in [3.8, 4) is 10.6 Å². The van der Waals surface area contributed by atoms with E-state index in [9.17, 15) is 9.18 Å². The molecule has 22 heavy (non-hydrogen) atoms. The van der Waals surface area contributed by atoms with Crippen LogP contribution in [0.2, 0.25) is 0 Å². The maximum absolute atomic E-state index is 13.7. The zero-order chi connectivity index (χ0) is 15.5. The maximum atomic E-state index is 13.7. The van der Waals surface area contributed by atoms with E-state index in [1.807, 2.05) is 17.5 Å². The van der Waals surface area contributed by atoms with Gasteiger partial charge in [-0.25, -0.2) is 4.39 Å². The van der Waals surface area contributed by atoms with Crippen LogP contribution in [-0.2, 0) is 6.54 Å². The number of nitrogens with zero attached hydrogens (tertiary/aromatic N) is 1. The summed E-state index contributed by atoms with van der Waals surface area (Å²) in [5.41, 5.74) is 0.569. The van der Waals surface area contributed by atoms with Crippen LogP contribution >= 0.6 is 27.3 Å². The molecule has 0 aliphatic heterocycles. The van der Waals surface area contributed by atoms with Crippen molar-refractivity contribution in [3.05, 3.63) is 63.3 Å². The van der Waals surface area contributed by atoms with Crippen molar-refractivity contribution in [1.82, 2.24) is 10.5 Å². The predicted octanol–water partition coefficient (Wildman–Crippen LogP) is 4.23. The average Bonchev–Trinajstić information content (AvgIpc) is 3.17. The number of carbonyl (C=O) groups is 1. The molecular weight excluding hydrogens is 371 g/mol. The number of hydrogen-bond donors (Lipinski definition) is 1. The predicted molar refractivity (Wildman–Crippen MR) is 85.1 cm³/mol. The number of nitrogens with one attached hydrogen (secondary N) is 1. The Kier molecular flexibility index (Phi) is 4.35. The Morgan fingerprint density at radius 2 is 2.23 bits per heavy atom.